The van der Waals surface area contributed by atoms with Gasteiger partial charge in [0.15, 0.2) is 0 Å². The number of anilines is 1. The maximum atomic E-state index is 13.1. The highest BCUT2D eigenvalue weighted by Gasteiger charge is 2.11. The minimum absolute atomic E-state index is 0.0425. The standard InChI is InChI=1S/C15H12ClFN4O/c1-2-21-14-6-3-9(7-13(14)19-20-21)15(22)18-10-4-5-12(17)11(16)8-10/h3-8H,2H2,1H3,(H,18,22). The molecule has 1 aromatic heterocycles. The van der Waals surface area contributed by atoms with E-state index in [4.69, 9.17) is 11.6 Å². The van der Waals surface area contributed by atoms with Gasteiger partial charge >= 0.3 is 0 Å². The Kier molecular flexibility index (Phi) is 3.77. The van der Waals surface area contributed by atoms with Crippen molar-refractivity contribution in [1.82, 2.24) is 15.0 Å². The van der Waals surface area contributed by atoms with E-state index >= 15 is 0 Å². The summed E-state index contributed by atoms with van der Waals surface area (Å²) in [5.41, 5.74) is 2.38. The van der Waals surface area contributed by atoms with Crippen LogP contribution in [0.25, 0.3) is 11.0 Å². The molecule has 112 valence electrons. The van der Waals surface area contributed by atoms with Crippen LogP contribution in [-0.2, 0) is 6.54 Å². The Bertz CT molecular complexity index is 862. The molecule has 0 aliphatic heterocycles. The molecule has 0 atom stereocenters. The lowest BCUT2D eigenvalue weighted by atomic mass is 10.2. The van der Waals surface area contributed by atoms with Gasteiger partial charge in [-0.25, -0.2) is 9.07 Å². The molecule has 1 N–H and O–H groups in total. The van der Waals surface area contributed by atoms with Crippen LogP contribution in [0.5, 0.6) is 0 Å². The first kappa shape index (κ1) is 14.5. The minimum Gasteiger partial charge on any atom is -0.322 e. The molecular weight excluding hydrogens is 307 g/mol. The molecule has 0 fully saturated rings. The zero-order valence-corrected chi connectivity index (χ0v) is 12.4. The highest BCUT2D eigenvalue weighted by Crippen LogP contribution is 2.20. The van der Waals surface area contributed by atoms with Crippen molar-refractivity contribution >= 4 is 34.2 Å². The number of benzene rings is 2. The lowest BCUT2D eigenvalue weighted by Crippen LogP contribution is -2.11. The maximum Gasteiger partial charge on any atom is 0.255 e. The number of nitrogens with zero attached hydrogens (tertiary/aromatic N) is 3. The van der Waals surface area contributed by atoms with Gasteiger partial charge in [0.1, 0.15) is 11.3 Å². The first-order valence-corrected chi connectivity index (χ1v) is 7.06. The third kappa shape index (κ3) is 2.65. The summed E-state index contributed by atoms with van der Waals surface area (Å²) in [5, 5.41) is 10.6. The van der Waals surface area contributed by atoms with Gasteiger partial charge in [-0.1, -0.05) is 16.8 Å². The quantitative estimate of drug-likeness (QED) is 0.804. The van der Waals surface area contributed by atoms with Gasteiger partial charge in [-0.2, -0.15) is 0 Å². The molecule has 0 aliphatic carbocycles. The van der Waals surface area contributed by atoms with Crippen LogP contribution in [-0.4, -0.2) is 20.9 Å². The number of aromatic nitrogens is 3. The van der Waals surface area contributed by atoms with Crippen LogP contribution in [0.1, 0.15) is 17.3 Å². The van der Waals surface area contributed by atoms with Gasteiger partial charge in [0, 0.05) is 17.8 Å². The molecule has 22 heavy (non-hydrogen) atoms. The summed E-state index contributed by atoms with van der Waals surface area (Å²) in [6.45, 7) is 2.67. The van der Waals surface area contributed by atoms with E-state index in [9.17, 15) is 9.18 Å². The van der Waals surface area contributed by atoms with Crippen LogP contribution in [0.15, 0.2) is 36.4 Å². The van der Waals surface area contributed by atoms with Crippen molar-refractivity contribution in [3.05, 3.63) is 52.8 Å². The van der Waals surface area contributed by atoms with Crippen molar-refractivity contribution in [3.8, 4) is 0 Å². The van der Waals surface area contributed by atoms with Crippen LogP contribution in [0.3, 0.4) is 0 Å². The van der Waals surface area contributed by atoms with Gasteiger partial charge < -0.3 is 5.32 Å². The molecule has 0 saturated carbocycles. The van der Waals surface area contributed by atoms with Gasteiger partial charge in [0.25, 0.3) is 5.91 Å². The molecule has 1 amide bonds. The number of carbonyl (C=O) groups excluding carboxylic acids is 1. The number of hydrogen-bond donors (Lipinski definition) is 1. The summed E-state index contributed by atoms with van der Waals surface area (Å²) in [5.74, 6) is -0.854. The van der Waals surface area contributed by atoms with Crippen molar-refractivity contribution < 1.29 is 9.18 Å². The molecule has 0 aliphatic rings. The average Bonchev–Trinajstić information content (AvgIpc) is 2.93. The monoisotopic (exact) mass is 318 g/mol. The Morgan fingerprint density at radius 3 is 2.86 bits per heavy atom. The van der Waals surface area contributed by atoms with Crippen molar-refractivity contribution in [2.75, 3.05) is 5.32 Å². The number of aryl methyl sites for hydroxylation is 1. The van der Waals surface area contributed by atoms with E-state index < -0.39 is 5.82 Å². The first-order valence-electron chi connectivity index (χ1n) is 6.68. The number of fused-ring (bicyclic) bond motifs is 1. The number of carbonyl (C=O) groups is 1. The number of rotatable bonds is 3. The lowest BCUT2D eigenvalue weighted by molar-refractivity contribution is 0.102. The predicted molar refractivity (Wildman–Crippen MR) is 82.6 cm³/mol. The van der Waals surface area contributed by atoms with E-state index in [1.54, 1.807) is 22.9 Å². The van der Waals surface area contributed by atoms with Crippen LogP contribution in [0.2, 0.25) is 5.02 Å². The zero-order chi connectivity index (χ0) is 15.7. The Morgan fingerprint density at radius 1 is 1.32 bits per heavy atom. The molecule has 0 bridgehead atoms. The molecule has 7 heteroatoms. The van der Waals surface area contributed by atoms with Gasteiger partial charge in [0.05, 0.1) is 10.5 Å². The molecule has 5 nitrogen and oxygen atoms in total. The summed E-state index contributed by atoms with van der Waals surface area (Å²) in [7, 11) is 0. The van der Waals surface area contributed by atoms with Gasteiger partial charge in [0.2, 0.25) is 0 Å². The van der Waals surface area contributed by atoms with Crippen molar-refractivity contribution in [2.24, 2.45) is 0 Å². The predicted octanol–water partition coefficient (Wildman–Crippen LogP) is 3.50. The fraction of sp³-hybridized carbons (Fsp3) is 0.133. The van der Waals surface area contributed by atoms with Gasteiger partial charge in [-0.3, -0.25) is 4.79 Å². The van der Waals surface area contributed by atoms with Crippen molar-refractivity contribution in [3.63, 3.8) is 0 Å². The number of hydrogen-bond acceptors (Lipinski definition) is 3. The minimum atomic E-state index is -0.530. The number of halogens is 2. The summed E-state index contributed by atoms with van der Waals surface area (Å²) < 4.78 is 14.9. The summed E-state index contributed by atoms with van der Waals surface area (Å²) in [6, 6.07) is 9.17. The molecule has 0 spiro atoms. The van der Waals surface area contributed by atoms with E-state index in [0.29, 0.717) is 23.3 Å². The summed E-state index contributed by atoms with van der Waals surface area (Å²) in [6.07, 6.45) is 0. The van der Waals surface area contributed by atoms with E-state index in [1.165, 1.54) is 18.2 Å². The molecule has 1 heterocycles. The second-order valence-electron chi connectivity index (χ2n) is 4.69. The van der Waals surface area contributed by atoms with Gasteiger partial charge in [-0.05, 0) is 43.3 Å². The van der Waals surface area contributed by atoms with E-state index in [2.05, 4.69) is 15.6 Å². The fourth-order valence-electron chi connectivity index (χ4n) is 2.12. The van der Waals surface area contributed by atoms with Crippen LogP contribution >= 0.6 is 11.6 Å². The molecule has 2 aromatic carbocycles. The highest BCUT2D eigenvalue weighted by molar-refractivity contribution is 6.31. The van der Waals surface area contributed by atoms with E-state index in [-0.39, 0.29) is 10.9 Å². The van der Waals surface area contributed by atoms with Crippen LogP contribution in [0.4, 0.5) is 10.1 Å². The highest BCUT2D eigenvalue weighted by atomic mass is 35.5. The van der Waals surface area contributed by atoms with Crippen molar-refractivity contribution in [1.29, 1.82) is 0 Å². The maximum absolute atomic E-state index is 13.1. The number of nitrogens with one attached hydrogen (secondary N) is 1. The Hall–Kier alpha value is -2.47. The normalized spacial score (nSPS) is 10.9. The molecular formula is C15H12ClFN4O. The topological polar surface area (TPSA) is 59.8 Å². The van der Waals surface area contributed by atoms with Crippen molar-refractivity contribution in [2.45, 2.75) is 13.5 Å². The second kappa shape index (κ2) is 5.73. The van der Waals surface area contributed by atoms with Crippen LogP contribution in [0, 0.1) is 5.82 Å². The SMILES string of the molecule is CCn1nnc2cc(C(=O)Nc3ccc(F)c(Cl)c3)ccc21. The van der Waals surface area contributed by atoms with Crippen LogP contribution < -0.4 is 5.32 Å². The molecule has 3 rings (SSSR count). The Labute approximate surface area is 130 Å². The third-order valence-electron chi connectivity index (χ3n) is 3.25. The van der Waals surface area contributed by atoms with Gasteiger partial charge in [-0.15, -0.1) is 5.10 Å². The fourth-order valence-corrected chi connectivity index (χ4v) is 2.30. The summed E-state index contributed by atoms with van der Waals surface area (Å²) in [4.78, 5) is 12.2. The smallest absolute Gasteiger partial charge is 0.255 e. The summed E-state index contributed by atoms with van der Waals surface area (Å²) >= 11 is 5.69. The van der Waals surface area contributed by atoms with E-state index in [1.807, 2.05) is 6.92 Å². The lowest BCUT2D eigenvalue weighted by Gasteiger charge is -2.06. The molecule has 0 unspecified atom stereocenters. The second-order valence-corrected chi connectivity index (χ2v) is 5.10. The third-order valence-corrected chi connectivity index (χ3v) is 3.54. The van der Waals surface area contributed by atoms with E-state index in [0.717, 1.165) is 5.52 Å². The zero-order valence-electron chi connectivity index (χ0n) is 11.7. The Morgan fingerprint density at radius 2 is 2.14 bits per heavy atom. The first-order chi connectivity index (χ1) is 10.6. The molecule has 3 aromatic rings. The molecule has 0 saturated heterocycles. The largest absolute Gasteiger partial charge is 0.322 e. The average molecular weight is 319 g/mol. The number of amides is 1. The Balaban J connectivity index is 1.86. The molecule has 0 radical (unpaired) electrons.